The number of ether oxygens (including phenoxy) is 1. The standard InChI is InChI=1S/C24H18N4O2/c1-30-18-13-11-17(12-14-18)22-20(15-25)23(29)28-24(27-22)26-21-10-6-5-9-19(21)16-7-3-2-4-8-16/h2-14H,1H3,(H2,26,27,28,29). The lowest BCUT2D eigenvalue weighted by Crippen LogP contribution is -2.16. The summed E-state index contributed by atoms with van der Waals surface area (Å²) >= 11 is 0. The van der Waals surface area contributed by atoms with E-state index in [4.69, 9.17) is 4.74 Å². The Morgan fingerprint density at radius 3 is 2.33 bits per heavy atom. The van der Waals surface area contributed by atoms with Crippen LogP contribution in [0.2, 0.25) is 0 Å². The van der Waals surface area contributed by atoms with Crippen molar-refractivity contribution in [3.8, 4) is 34.2 Å². The maximum Gasteiger partial charge on any atom is 0.270 e. The molecule has 0 unspecified atom stereocenters. The van der Waals surface area contributed by atoms with Crippen molar-refractivity contribution in [2.24, 2.45) is 0 Å². The summed E-state index contributed by atoms with van der Waals surface area (Å²) in [5.74, 6) is 0.936. The number of H-pyrrole nitrogens is 1. The average Bonchev–Trinajstić information content (AvgIpc) is 2.80. The number of methoxy groups -OCH3 is 1. The summed E-state index contributed by atoms with van der Waals surface area (Å²) in [6, 6.07) is 26.7. The summed E-state index contributed by atoms with van der Waals surface area (Å²) in [6.45, 7) is 0. The van der Waals surface area contributed by atoms with Crippen LogP contribution >= 0.6 is 0 Å². The quantitative estimate of drug-likeness (QED) is 0.511. The Labute approximate surface area is 173 Å². The maximum absolute atomic E-state index is 12.6. The summed E-state index contributed by atoms with van der Waals surface area (Å²) in [5, 5.41) is 12.7. The zero-order valence-electron chi connectivity index (χ0n) is 16.2. The Hall–Kier alpha value is -4.37. The molecule has 0 aliphatic rings. The van der Waals surface area contributed by atoms with Gasteiger partial charge in [-0.2, -0.15) is 5.26 Å². The Kier molecular flexibility index (Phi) is 5.27. The van der Waals surface area contributed by atoms with Gasteiger partial charge in [0, 0.05) is 16.8 Å². The first-order chi connectivity index (χ1) is 14.7. The minimum atomic E-state index is -0.502. The van der Waals surface area contributed by atoms with Crippen LogP contribution < -0.4 is 15.6 Å². The lowest BCUT2D eigenvalue weighted by molar-refractivity contribution is 0.415. The summed E-state index contributed by atoms with van der Waals surface area (Å²) in [5.41, 5.74) is 3.21. The minimum absolute atomic E-state index is 0.0398. The zero-order chi connectivity index (χ0) is 20.9. The van der Waals surface area contributed by atoms with Crippen molar-refractivity contribution in [3.05, 3.63) is 94.8 Å². The van der Waals surface area contributed by atoms with Crippen molar-refractivity contribution >= 4 is 11.6 Å². The van der Waals surface area contributed by atoms with E-state index < -0.39 is 5.56 Å². The van der Waals surface area contributed by atoms with Gasteiger partial charge in [-0.25, -0.2) is 4.98 Å². The third-order valence-electron chi connectivity index (χ3n) is 4.66. The molecule has 2 N–H and O–H groups in total. The van der Waals surface area contributed by atoms with Gasteiger partial charge in [-0.15, -0.1) is 0 Å². The van der Waals surface area contributed by atoms with E-state index in [2.05, 4.69) is 15.3 Å². The van der Waals surface area contributed by atoms with E-state index in [1.807, 2.05) is 60.7 Å². The SMILES string of the molecule is COc1ccc(-c2nc(Nc3ccccc3-c3ccccc3)[nH]c(=O)c2C#N)cc1. The number of aromatic amines is 1. The Balaban J connectivity index is 1.78. The van der Waals surface area contributed by atoms with Crippen LogP contribution in [0.4, 0.5) is 11.6 Å². The van der Waals surface area contributed by atoms with E-state index in [0.29, 0.717) is 17.0 Å². The van der Waals surface area contributed by atoms with Crippen LogP contribution in [-0.2, 0) is 0 Å². The highest BCUT2D eigenvalue weighted by atomic mass is 16.5. The Morgan fingerprint density at radius 1 is 0.933 bits per heavy atom. The fraction of sp³-hybridized carbons (Fsp3) is 0.0417. The van der Waals surface area contributed by atoms with Gasteiger partial charge in [-0.05, 0) is 35.9 Å². The Morgan fingerprint density at radius 2 is 1.63 bits per heavy atom. The van der Waals surface area contributed by atoms with Gasteiger partial charge in [-0.3, -0.25) is 9.78 Å². The topological polar surface area (TPSA) is 90.8 Å². The maximum atomic E-state index is 12.6. The van der Waals surface area contributed by atoms with Gasteiger partial charge in [-0.1, -0.05) is 48.5 Å². The third-order valence-corrected chi connectivity index (χ3v) is 4.66. The number of anilines is 2. The molecule has 30 heavy (non-hydrogen) atoms. The number of para-hydroxylation sites is 1. The second-order valence-corrected chi connectivity index (χ2v) is 6.52. The highest BCUT2D eigenvalue weighted by Crippen LogP contribution is 2.30. The van der Waals surface area contributed by atoms with Crippen LogP contribution in [0, 0.1) is 11.3 Å². The number of nitrogens with zero attached hydrogens (tertiary/aromatic N) is 2. The van der Waals surface area contributed by atoms with Crippen molar-refractivity contribution in [3.63, 3.8) is 0 Å². The molecule has 0 amide bonds. The molecule has 0 saturated heterocycles. The molecule has 1 heterocycles. The van der Waals surface area contributed by atoms with Crippen molar-refractivity contribution < 1.29 is 4.74 Å². The predicted octanol–water partition coefficient (Wildman–Crippen LogP) is 4.73. The third kappa shape index (κ3) is 3.77. The minimum Gasteiger partial charge on any atom is -0.497 e. The molecule has 0 bridgehead atoms. The van der Waals surface area contributed by atoms with E-state index in [1.165, 1.54) is 0 Å². The van der Waals surface area contributed by atoms with Crippen LogP contribution in [0.15, 0.2) is 83.7 Å². The van der Waals surface area contributed by atoms with E-state index in [1.54, 1.807) is 31.4 Å². The van der Waals surface area contributed by atoms with Gasteiger partial charge >= 0.3 is 0 Å². The first-order valence-corrected chi connectivity index (χ1v) is 9.30. The molecule has 3 aromatic carbocycles. The molecule has 6 heteroatoms. The summed E-state index contributed by atoms with van der Waals surface area (Å²) in [4.78, 5) is 19.7. The fourth-order valence-corrected chi connectivity index (χ4v) is 3.18. The Bertz CT molecular complexity index is 1270. The van der Waals surface area contributed by atoms with Crippen LogP contribution in [0.3, 0.4) is 0 Å². The number of nitrogens with one attached hydrogen (secondary N) is 2. The second-order valence-electron chi connectivity index (χ2n) is 6.52. The average molecular weight is 394 g/mol. The number of hydrogen-bond acceptors (Lipinski definition) is 5. The van der Waals surface area contributed by atoms with Gasteiger partial charge in [0.2, 0.25) is 5.95 Å². The van der Waals surface area contributed by atoms with Crippen molar-refractivity contribution in [2.75, 3.05) is 12.4 Å². The monoisotopic (exact) mass is 394 g/mol. The normalized spacial score (nSPS) is 10.3. The van der Waals surface area contributed by atoms with Crippen LogP contribution in [-0.4, -0.2) is 17.1 Å². The van der Waals surface area contributed by atoms with Crippen molar-refractivity contribution in [1.82, 2.24) is 9.97 Å². The molecule has 0 saturated carbocycles. The van der Waals surface area contributed by atoms with Gasteiger partial charge in [0.05, 0.1) is 12.8 Å². The van der Waals surface area contributed by atoms with Gasteiger partial charge in [0.15, 0.2) is 0 Å². The largest absolute Gasteiger partial charge is 0.497 e. The van der Waals surface area contributed by atoms with E-state index >= 15 is 0 Å². The number of aromatic nitrogens is 2. The lowest BCUT2D eigenvalue weighted by atomic mass is 10.0. The lowest BCUT2D eigenvalue weighted by Gasteiger charge is -2.13. The van der Waals surface area contributed by atoms with E-state index in [9.17, 15) is 10.1 Å². The number of nitriles is 1. The first kappa shape index (κ1) is 19.0. The first-order valence-electron chi connectivity index (χ1n) is 9.30. The molecule has 4 aromatic rings. The zero-order valence-corrected chi connectivity index (χ0v) is 16.2. The van der Waals surface area contributed by atoms with Crippen LogP contribution in [0.1, 0.15) is 5.56 Å². The molecule has 0 aliphatic heterocycles. The molecule has 0 radical (unpaired) electrons. The van der Waals surface area contributed by atoms with Gasteiger partial charge < -0.3 is 10.1 Å². The van der Waals surface area contributed by atoms with Gasteiger partial charge in [0.25, 0.3) is 5.56 Å². The number of hydrogen-bond donors (Lipinski definition) is 2. The number of benzene rings is 3. The number of rotatable bonds is 5. The highest BCUT2D eigenvalue weighted by molar-refractivity contribution is 5.80. The summed E-state index contributed by atoms with van der Waals surface area (Å²) in [6.07, 6.45) is 0. The molecule has 0 aliphatic carbocycles. The van der Waals surface area contributed by atoms with Crippen molar-refractivity contribution in [1.29, 1.82) is 5.26 Å². The van der Waals surface area contributed by atoms with Crippen LogP contribution in [0.25, 0.3) is 22.4 Å². The molecule has 146 valence electrons. The predicted molar refractivity (Wildman–Crippen MR) is 117 cm³/mol. The molecule has 0 atom stereocenters. The molecule has 0 spiro atoms. The fourth-order valence-electron chi connectivity index (χ4n) is 3.18. The molecule has 4 rings (SSSR count). The smallest absolute Gasteiger partial charge is 0.270 e. The van der Waals surface area contributed by atoms with E-state index in [-0.39, 0.29) is 11.5 Å². The van der Waals surface area contributed by atoms with E-state index in [0.717, 1.165) is 16.8 Å². The molecule has 1 aromatic heterocycles. The second kappa shape index (κ2) is 8.33. The summed E-state index contributed by atoms with van der Waals surface area (Å²) < 4.78 is 5.18. The molecular weight excluding hydrogens is 376 g/mol. The highest BCUT2D eigenvalue weighted by Gasteiger charge is 2.14. The summed E-state index contributed by atoms with van der Waals surface area (Å²) in [7, 11) is 1.58. The van der Waals surface area contributed by atoms with Crippen LogP contribution in [0.5, 0.6) is 5.75 Å². The molecule has 0 fully saturated rings. The van der Waals surface area contributed by atoms with Gasteiger partial charge in [0.1, 0.15) is 17.4 Å². The molecule has 6 nitrogen and oxygen atoms in total. The molecular formula is C24H18N4O2. The van der Waals surface area contributed by atoms with Crippen molar-refractivity contribution in [2.45, 2.75) is 0 Å².